The van der Waals surface area contributed by atoms with Crippen molar-refractivity contribution in [2.24, 2.45) is 0 Å². The van der Waals surface area contributed by atoms with Crippen LogP contribution in [-0.4, -0.2) is 16.6 Å². The van der Waals surface area contributed by atoms with Gasteiger partial charge in [0, 0.05) is 37.9 Å². The minimum Gasteiger partial charge on any atom is -0.350 e. The first-order valence-corrected chi connectivity index (χ1v) is 5.06. The molecule has 15 heavy (non-hydrogen) atoms. The number of aromatic nitrogens is 2. The molecule has 0 aliphatic carbocycles. The summed E-state index contributed by atoms with van der Waals surface area (Å²) in [4.78, 5) is 4.00. The van der Waals surface area contributed by atoms with Crippen LogP contribution in [0.2, 0.25) is 0 Å². The van der Waals surface area contributed by atoms with Crippen LogP contribution >= 0.6 is 0 Å². The molecule has 0 saturated carbocycles. The number of nitrogens with zero attached hydrogens (tertiary/aromatic N) is 2. The number of nitrogens with one attached hydrogen (secondary N) is 1. The number of hydrogen-bond acceptors (Lipinski definition) is 2. The zero-order valence-electron chi connectivity index (χ0n) is 8.85. The lowest BCUT2D eigenvalue weighted by atomic mass is 10.3. The van der Waals surface area contributed by atoms with Crippen LogP contribution in [0.3, 0.4) is 0 Å². The largest absolute Gasteiger partial charge is 0.350 e. The molecule has 2 aromatic rings. The molecule has 3 heteroatoms. The molecule has 0 fully saturated rings. The van der Waals surface area contributed by atoms with Crippen LogP contribution in [0.1, 0.15) is 11.1 Å². The summed E-state index contributed by atoms with van der Waals surface area (Å²) in [6.07, 6.45) is 7.92. The van der Waals surface area contributed by atoms with Crippen molar-refractivity contribution in [1.29, 1.82) is 0 Å². The molecule has 3 nitrogen and oxygen atoms in total. The predicted molar refractivity (Wildman–Crippen MR) is 60.5 cm³/mol. The third-order valence-corrected chi connectivity index (χ3v) is 2.31. The van der Waals surface area contributed by atoms with Crippen molar-refractivity contribution in [2.45, 2.75) is 13.1 Å². The normalized spacial score (nSPS) is 10.5. The quantitative estimate of drug-likeness (QED) is 0.815. The van der Waals surface area contributed by atoms with Gasteiger partial charge >= 0.3 is 0 Å². The lowest BCUT2D eigenvalue weighted by Gasteiger charge is -2.02. The summed E-state index contributed by atoms with van der Waals surface area (Å²) >= 11 is 0. The van der Waals surface area contributed by atoms with Gasteiger partial charge < -0.3 is 9.88 Å². The van der Waals surface area contributed by atoms with E-state index in [9.17, 15) is 0 Å². The number of pyridine rings is 1. The van der Waals surface area contributed by atoms with Crippen LogP contribution in [0.25, 0.3) is 0 Å². The molecule has 0 aliphatic rings. The van der Waals surface area contributed by atoms with Crippen molar-refractivity contribution < 1.29 is 0 Å². The fourth-order valence-electron chi connectivity index (χ4n) is 1.60. The van der Waals surface area contributed by atoms with Gasteiger partial charge in [-0.1, -0.05) is 0 Å². The zero-order chi connectivity index (χ0) is 10.5. The van der Waals surface area contributed by atoms with E-state index in [1.165, 1.54) is 11.1 Å². The molecule has 0 amide bonds. The van der Waals surface area contributed by atoms with E-state index in [1.807, 2.05) is 31.6 Å². The van der Waals surface area contributed by atoms with Crippen LogP contribution in [0.5, 0.6) is 0 Å². The van der Waals surface area contributed by atoms with E-state index in [-0.39, 0.29) is 0 Å². The molecule has 1 N–H and O–H groups in total. The minimum atomic E-state index is 0.909. The van der Waals surface area contributed by atoms with Crippen molar-refractivity contribution in [2.75, 3.05) is 7.05 Å². The van der Waals surface area contributed by atoms with Crippen LogP contribution < -0.4 is 5.32 Å². The second kappa shape index (κ2) is 4.75. The zero-order valence-corrected chi connectivity index (χ0v) is 8.85. The van der Waals surface area contributed by atoms with Crippen LogP contribution in [-0.2, 0) is 13.1 Å². The van der Waals surface area contributed by atoms with Crippen molar-refractivity contribution in [3.63, 3.8) is 0 Å². The smallest absolute Gasteiger partial charge is 0.0471 e. The maximum Gasteiger partial charge on any atom is 0.0471 e. The summed E-state index contributed by atoms with van der Waals surface area (Å²) in [7, 11) is 1.96. The van der Waals surface area contributed by atoms with E-state index in [0.717, 1.165) is 13.1 Å². The maximum atomic E-state index is 4.00. The highest BCUT2D eigenvalue weighted by atomic mass is 14.9. The molecule has 0 spiro atoms. The standard InChI is InChI=1S/C12H15N3/c1-13-8-12-4-7-15(10-12)9-11-2-5-14-6-3-11/h2-7,10,13H,8-9H2,1H3. The Morgan fingerprint density at radius 3 is 2.73 bits per heavy atom. The molecule has 0 aromatic carbocycles. The molecule has 0 radical (unpaired) electrons. The van der Waals surface area contributed by atoms with Gasteiger partial charge in [0.2, 0.25) is 0 Å². The Bertz CT molecular complexity index is 406. The van der Waals surface area contributed by atoms with Gasteiger partial charge in [0.1, 0.15) is 0 Å². The van der Waals surface area contributed by atoms with E-state index in [1.54, 1.807) is 0 Å². The van der Waals surface area contributed by atoms with Gasteiger partial charge in [0.05, 0.1) is 0 Å². The Morgan fingerprint density at radius 2 is 2.00 bits per heavy atom. The van der Waals surface area contributed by atoms with E-state index in [4.69, 9.17) is 0 Å². The van der Waals surface area contributed by atoms with E-state index < -0.39 is 0 Å². The van der Waals surface area contributed by atoms with Gasteiger partial charge in [0.25, 0.3) is 0 Å². The summed E-state index contributed by atoms with van der Waals surface area (Å²) in [6.45, 7) is 1.83. The highest BCUT2D eigenvalue weighted by Gasteiger charge is 1.96. The van der Waals surface area contributed by atoms with Crippen molar-refractivity contribution in [3.05, 3.63) is 54.1 Å². The van der Waals surface area contributed by atoms with Crippen LogP contribution in [0.15, 0.2) is 43.0 Å². The Hall–Kier alpha value is -1.61. The maximum absolute atomic E-state index is 4.00. The molecule has 0 atom stereocenters. The Kier molecular flexibility index (Phi) is 3.15. The predicted octanol–water partition coefficient (Wildman–Crippen LogP) is 1.65. The molecule has 2 rings (SSSR count). The SMILES string of the molecule is CNCc1ccn(Cc2ccncc2)c1. The van der Waals surface area contributed by atoms with E-state index in [0.29, 0.717) is 0 Å². The fourth-order valence-corrected chi connectivity index (χ4v) is 1.60. The minimum absolute atomic E-state index is 0.909. The molecule has 2 aromatic heterocycles. The van der Waals surface area contributed by atoms with Crippen molar-refractivity contribution in [3.8, 4) is 0 Å². The summed E-state index contributed by atoms with van der Waals surface area (Å²) in [6, 6.07) is 6.22. The highest BCUT2D eigenvalue weighted by Crippen LogP contribution is 2.05. The van der Waals surface area contributed by atoms with Crippen LogP contribution in [0.4, 0.5) is 0 Å². The average molecular weight is 201 g/mol. The Labute approximate surface area is 89.8 Å². The first kappa shape index (κ1) is 9.93. The molecule has 2 heterocycles. The average Bonchev–Trinajstić information content (AvgIpc) is 2.68. The van der Waals surface area contributed by atoms with Gasteiger partial charge in [0.15, 0.2) is 0 Å². The molecule has 0 aliphatic heterocycles. The molecule has 0 unspecified atom stereocenters. The van der Waals surface area contributed by atoms with Gasteiger partial charge in [-0.15, -0.1) is 0 Å². The van der Waals surface area contributed by atoms with Gasteiger partial charge in [-0.2, -0.15) is 0 Å². The van der Waals surface area contributed by atoms with Crippen molar-refractivity contribution in [1.82, 2.24) is 14.9 Å². The third-order valence-electron chi connectivity index (χ3n) is 2.31. The fraction of sp³-hybridized carbons (Fsp3) is 0.250. The second-order valence-corrected chi connectivity index (χ2v) is 3.58. The first-order valence-electron chi connectivity index (χ1n) is 5.06. The van der Waals surface area contributed by atoms with Crippen LogP contribution in [0, 0.1) is 0 Å². The molecule has 0 bridgehead atoms. The number of hydrogen-bond donors (Lipinski definition) is 1. The number of rotatable bonds is 4. The summed E-state index contributed by atoms with van der Waals surface area (Å²) in [5.41, 5.74) is 2.59. The van der Waals surface area contributed by atoms with Gasteiger partial charge in [-0.25, -0.2) is 0 Å². The topological polar surface area (TPSA) is 29.9 Å². The molecular weight excluding hydrogens is 186 g/mol. The lowest BCUT2D eigenvalue weighted by Crippen LogP contribution is -2.04. The third kappa shape index (κ3) is 2.67. The van der Waals surface area contributed by atoms with Gasteiger partial charge in [-0.3, -0.25) is 4.98 Å². The summed E-state index contributed by atoms with van der Waals surface area (Å²) in [5, 5.41) is 3.14. The highest BCUT2D eigenvalue weighted by molar-refractivity contribution is 5.14. The lowest BCUT2D eigenvalue weighted by molar-refractivity contribution is 0.782. The second-order valence-electron chi connectivity index (χ2n) is 3.58. The first-order chi connectivity index (χ1) is 7.38. The Balaban J connectivity index is 2.05. The van der Waals surface area contributed by atoms with E-state index >= 15 is 0 Å². The van der Waals surface area contributed by atoms with Crippen molar-refractivity contribution >= 4 is 0 Å². The summed E-state index contributed by atoms with van der Waals surface area (Å²) in [5.74, 6) is 0. The monoisotopic (exact) mass is 201 g/mol. The Morgan fingerprint density at radius 1 is 1.20 bits per heavy atom. The van der Waals surface area contributed by atoms with Gasteiger partial charge in [-0.05, 0) is 36.4 Å². The molecule has 0 saturated heterocycles. The molecular formula is C12H15N3. The summed E-state index contributed by atoms with van der Waals surface area (Å²) < 4.78 is 2.18. The van der Waals surface area contributed by atoms with E-state index in [2.05, 4.69) is 33.3 Å². The molecule has 78 valence electrons.